The molecule has 31 heavy (non-hydrogen) atoms. The van der Waals surface area contributed by atoms with Gasteiger partial charge >= 0.3 is 0 Å². The first-order valence-electron chi connectivity index (χ1n) is 10.1. The van der Waals surface area contributed by atoms with Crippen LogP contribution in [0.5, 0.6) is 0 Å². The molecule has 1 N–H and O–H groups in total. The first kappa shape index (κ1) is 20.3. The lowest BCUT2D eigenvalue weighted by molar-refractivity contribution is -0.116. The zero-order chi connectivity index (χ0) is 21.5. The van der Waals surface area contributed by atoms with E-state index in [9.17, 15) is 9.18 Å². The van der Waals surface area contributed by atoms with Crippen molar-refractivity contribution in [2.45, 2.75) is 43.1 Å². The molecule has 0 fully saturated rings. The van der Waals surface area contributed by atoms with Gasteiger partial charge in [0.25, 0.3) is 0 Å². The van der Waals surface area contributed by atoms with Crippen LogP contribution in [0.25, 0.3) is 0 Å². The number of hydrogen-bond acceptors (Lipinski definition) is 5. The van der Waals surface area contributed by atoms with Crippen molar-refractivity contribution < 1.29 is 9.18 Å². The third-order valence-corrected chi connectivity index (χ3v) is 6.85. The maximum atomic E-state index is 13.3. The molecule has 1 aliphatic heterocycles. The van der Waals surface area contributed by atoms with Crippen LogP contribution in [0.3, 0.4) is 0 Å². The molecule has 5 nitrogen and oxygen atoms in total. The molecule has 0 saturated heterocycles. The van der Waals surface area contributed by atoms with E-state index in [-0.39, 0.29) is 17.6 Å². The molecule has 0 unspecified atom stereocenters. The average Bonchev–Trinajstić information content (AvgIpc) is 3.15. The lowest BCUT2D eigenvalue weighted by Gasteiger charge is -2.32. The number of halogens is 2. The molecule has 5 rings (SSSR count). The molecule has 2 heterocycles. The third kappa shape index (κ3) is 3.88. The molecule has 1 atom stereocenters. The van der Waals surface area contributed by atoms with Crippen LogP contribution in [0.2, 0.25) is 5.02 Å². The van der Waals surface area contributed by atoms with Gasteiger partial charge in [0.05, 0.1) is 0 Å². The smallest absolute Gasteiger partial charge is 0.227 e. The Morgan fingerprint density at radius 3 is 2.81 bits per heavy atom. The van der Waals surface area contributed by atoms with Crippen LogP contribution in [0.1, 0.15) is 42.0 Å². The Morgan fingerprint density at radius 1 is 1.23 bits per heavy atom. The molecule has 3 aromatic rings. The number of benzene rings is 2. The van der Waals surface area contributed by atoms with Crippen LogP contribution in [-0.2, 0) is 10.5 Å². The number of Topliss-reactive ketones (excluding diaryl/α,β-unsaturated/α-hetero) is 1. The Hall–Kier alpha value is -2.64. The normalized spacial score (nSPS) is 17.9. The fourth-order valence-corrected chi connectivity index (χ4v) is 5.18. The summed E-state index contributed by atoms with van der Waals surface area (Å²) in [5.74, 6) is 0.949. The van der Waals surface area contributed by atoms with Gasteiger partial charge in [0.2, 0.25) is 11.1 Å². The predicted molar refractivity (Wildman–Crippen MR) is 120 cm³/mol. The molecule has 158 valence electrons. The quantitative estimate of drug-likeness (QED) is 0.513. The zero-order valence-corrected chi connectivity index (χ0v) is 18.4. The van der Waals surface area contributed by atoms with E-state index in [0.717, 1.165) is 40.8 Å². The summed E-state index contributed by atoms with van der Waals surface area (Å²) in [6.45, 7) is 2.04. The second-order valence-electron chi connectivity index (χ2n) is 7.79. The first-order valence-corrected chi connectivity index (χ1v) is 11.5. The third-order valence-electron chi connectivity index (χ3n) is 5.61. The summed E-state index contributed by atoms with van der Waals surface area (Å²) in [5.41, 5.74) is 4.72. The van der Waals surface area contributed by atoms with Gasteiger partial charge in [0.1, 0.15) is 11.9 Å². The van der Waals surface area contributed by atoms with Crippen molar-refractivity contribution in [3.05, 3.63) is 81.3 Å². The van der Waals surface area contributed by atoms with E-state index >= 15 is 0 Å². The number of carbonyl (C=O) groups excluding carboxylic acids is 1. The fraction of sp³-hybridized carbons (Fsp3) is 0.261. The lowest BCUT2D eigenvalue weighted by Crippen LogP contribution is -2.31. The molecular formula is C23H20ClFN4OS. The maximum absolute atomic E-state index is 13.3. The highest BCUT2D eigenvalue weighted by molar-refractivity contribution is 7.98. The van der Waals surface area contributed by atoms with Gasteiger partial charge in [-0.05, 0) is 43.0 Å². The maximum Gasteiger partial charge on any atom is 0.227 e. The van der Waals surface area contributed by atoms with E-state index in [2.05, 4.69) is 10.3 Å². The molecule has 1 aromatic heterocycles. The van der Waals surface area contributed by atoms with Gasteiger partial charge in [-0.1, -0.05) is 59.3 Å². The standard InChI is InChI=1S/C23H20ClFN4OS/c1-13-5-7-14(8-6-13)21-20-18(3-2-4-19(20)30)26-22-27-23(28-29(21)22)31-12-15-9-10-16(25)11-17(15)24/h5-11,21H,2-4,12H2,1H3,(H,26,27,28)/t21-/m0/s1. The Bertz CT molecular complexity index is 1200. The van der Waals surface area contributed by atoms with E-state index < -0.39 is 0 Å². The Morgan fingerprint density at radius 2 is 2.03 bits per heavy atom. The highest BCUT2D eigenvalue weighted by Crippen LogP contribution is 2.40. The largest absolute Gasteiger partial charge is 0.328 e. The number of aromatic nitrogens is 3. The van der Waals surface area contributed by atoms with Crippen molar-refractivity contribution in [1.29, 1.82) is 0 Å². The highest BCUT2D eigenvalue weighted by Gasteiger charge is 2.36. The Kier molecular flexibility index (Phi) is 5.32. The molecule has 2 aromatic carbocycles. The topological polar surface area (TPSA) is 59.8 Å². The summed E-state index contributed by atoms with van der Waals surface area (Å²) in [6, 6.07) is 12.3. The van der Waals surface area contributed by atoms with Gasteiger partial charge in [-0.25, -0.2) is 9.07 Å². The van der Waals surface area contributed by atoms with Crippen molar-refractivity contribution in [1.82, 2.24) is 14.8 Å². The number of hydrogen-bond donors (Lipinski definition) is 1. The minimum atomic E-state index is -0.360. The van der Waals surface area contributed by atoms with Crippen molar-refractivity contribution in [2.75, 3.05) is 5.32 Å². The summed E-state index contributed by atoms with van der Waals surface area (Å²) < 4.78 is 15.1. The van der Waals surface area contributed by atoms with Crippen LogP contribution < -0.4 is 5.32 Å². The van der Waals surface area contributed by atoms with Gasteiger partial charge in [-0.2, -0.15) is 4.98 Å². The molecule has 2 aliphatic rings. The van der Waals surface area contributed by atoms with Crippen LogP contribution in [0.4, 0.5) is 10.3 Å². The molecule has 1 aliphatic carbocycles. The van der Waals surface area contributed by atoms with Crippen molar-refractivity contribution >= 4 is 35.1 Å². The summed E-state index contributed by atoms with van der Waals surface area (Å²) in [7, 11) is 0. The molecule has 0 spiro atoms. The minimum absolute atomic E-state index is 0.160. The van der Waals surface area contributed by atoms with Gasteiger partial charge in [0.15, 0.2) is 5.78 Å². The van der Waals surface area contributed by atoms with Gasteiger partial charge in [0, 0.05) is 28.5 Å². The number of carbonyl (C=O) groups is 1. The molecule has 0 saturated carbocycles. The Labute approximate surface area is 188 Å². The van der Waals surface area contributed by atoms with Crippen molar-refractivity contribution in [3.8, 4) is 0 Å². The van der Waals surface area contributed by atoms with E-state index in [0.29, 0.717) is 28.3 Å². The number of thioether (sulfide) groups is 1. The SMILES string of the molecule is Cc1ccc([C@H]2C3=C(CCCC3=O)Nc3nc(SCc4ccc(F)cc4Cl)nn32)cc1. The van der Waals surface area contributed by atoms with Crippen molar-refractivity contribution in [3.63, 3.8) is 0 Å². The number of allylic oxidation sites excluding steroid dienone is 2. The minimum Gasteiger partial charge on any atom is -0.328 e. The summed E-state index contributed by atoms with van der Waals surface area (Å²) in [4.78, 5) is 17.5. The zero-order valence-electron chi connectivity index (χ0n) is 16.9. The number of ketones is 1. The van der Waals surface area contributed by atoms with Gasteiger partial charge < -0.3 is 5.32 Å². The van der Waals surface area contributed by atoms with E-state index in [4.69, 9.17) is 16.7 Å². The first-order chi connectivity index (χ1) is 15.0. The Balaban J connectivity index is 1.49. The van der Waals surface area contributed by atoms with Crippen LogP contribution in [0.15, 0.2) is 58.9 Å². The second kappa shape index (κ2) is 8.13. The van der Waals surface area contributed by atoms with Crippen LogP contribution >= 0.6 is 23.4 Å². The lowest BCUT2D eigenvalue weighted by atomic mass is 9.85. The second-order valence-corrected chi connectivity index (χ2v) is 9.14. The fourth-order valence-electron chi connectivity index (χ4n) is 4.04. The summed E-state index contributed by atoms with van der Waals surface area (Å²) in [6.07, 6.45) is 2.21. The summed E-state index contributed by atoms with van der Waals surface area (Å²) >= 11 is 7.58. The highest BCUT2D eigenvalue weighted by atomic mass is 35.5. The monoisotopic (exact) mass is 454 g/mol. The van der Waals surface area contributed by atoms with Gasteiger partial charge in [-0.15, -0.1) is 5.10 Å². The number of nitrogens with one attached hydrogen (secondary N) is 1. The molecule has 0 radical (unpaired) electrons. The predicted octanol–water partition coefficient (Wildman–Crippen LogP) is 5.69. The number of anilines is 1. The van der Waals surface area contributed by atoms with Gasteiger partial charge in [-0.3, -0.25) is 4.79 Å². The van der Waals surface area contributed by atoms with E-state index in [1.165, 1.54) is 23.9 Å². The molecule has 0 bridgehead atoms. The number of nitrogens with zero attached hydrogens (tertiary/aromatic N) is 3. The molecular weight excluding hydrogens is 435 g/mol. The number of aryl methyl sites for hydroxylation is 1. The van der Waals surface area contributed by atoms with Crippen LogP contribution in [-0.4, -0.2) is 20.5 Å². The number of rotatable bonds is 4. The van der Waals surface area contributed by atoms with E-state index in [1.807, 2.05) is 31.2 Å². The van der Waals surface area contributed by atoms with Crippen LogP contribution in [0, 0.1) is 12.7 Å². The van der Waals surface area contributed by atoms with Crippen molar-refractivity contribution in [2.24, 2.45) is 0 Å². The molecule has 0 amide bonds. The van der Waals surface area contributed by atoms with E-state index in [1.54, 1.807) is 10.7 Å². The average molecular weight is 455 g/mol. The molecule has 8 heteroatoms. The summed E-state index contributed by atoms with van der Waals surface area (Å²) in [5, 5.41) is 9.02. The number of fused-ring (bicyclic) bond motifs is 1.